The maximum absolute atomic E-state index is 12.1. The van der Waals surface area contributed by atoms with Crippen molar-refractivity contribution >= 4 is 11.7 Å². The number of carbonyl (C=O) groups is 2. The van der Waals surface area contributed by atoms with Crippen molar-refractivity contribution < 1.29 is 9.59 Å². The van der Waals surface area contributed by atoms with Gasteiger partial charge in [-0.2, -0.15) is 0 Å². The number of rotatable bonds is 8. The van der Waals surface area contributed by atoms with Crippen LogP contribution in [-0.2, 0) is 9.59 Å². The molecule has 1 rings (SSSR count). The molecule has 0 heterocycles. The molecular formula is C15H28N2O2. The van der Waals surface area contributed by atoms with Crippen molar-refractivity contribution in [2.24, 2.45) is 11.8 Å². The van der Waals surface area contributed by atoms with Gasteiger partial charge in [0.2, 0.25) is 5.91 Å². The van der Waals surface area contributed by atoms with Crippen LogP contribution >= 0.6 is 0 Å². The van der Waals surface area contributed by atoms with Gasteiger partial charge < -0.3 is 5.32 Å². The fourth-order valence-electron chi connectivity index (χ4n) is 2.23. The van der Waals surface area contributed by atoms with Crippen LogP contribution in [0, 0.1) is 11.8 Å². The quantitative estimate of drug-likeness (QED) is 0.731. The van der Waals surface area contributed by atoms with E-state index in [1.165, 1.54) is 19.8 Å². The van der Waals surface area contributed by atoms with Crippen LogP contribution in [0.3, 0.4) is 0 Å². The van der Waals surface area contributed by atoms with E-state index >= 15 is 0 Å². The first kappa shape index (κ1) is 16.2. The Balaban J connectivity index is 2.48. The van der Waals surface area contributed by atoms with Gasteiger partial charge in [0.15, 0.2) is 5.78 Å². The molecule has 4 nitrogen and oxygen atoms in total. The number of carbonyl (C=O) groups excluding carboxylic acids is 2. The molecular weight excluding hydrogens is 240 g/mol. The predicted octanol–water partition coefficient (Wildman–Crippen LogP) is 1.84. The molecule has 0 radical (unpaired) electrons. The maximum Gasteiger partial charge on any atom is 0.234 e. The van der Waals surface area contributed by atoms with Crippen LogP contribution < -0.4 is 5.32 Å². The number of amides is 1. The predicted molar refractivity (Wildman–Crippen MR) is 76.9 cm³/mol. The SMILES string of the molecule is CC(=O)C(NC(=O)CN(CC1CC1)C(C)C)C(C)C. The minimum atomic E-state index is -0.359. The summed E-state index contributed by atoms with van der Waals surface area (Å²) in [6.07, 6.45) is 2.57. The van der Waals surface area contributed by atoms with Crippen LogP contribution in [-0.4, -0.2) is 41.8 Å². The van der Waals surface area contributed by atoms with Crippen molar-refractivity contribution in [3.05, 3.63) is 0 Å². The highest BCUT2D eigenvalue weighted by Gasteiger charge is 2.27. The normalized spacial score (nSPS) is 17.1. The van der Waals surface area contributed by atoms with Crippen LogP contribution in [0.15, 0.2) is 0 Å². The Morgan fingerprint density at radius 1 is 1.21 bits per heavy atom. The van der Waals surface area contributed by atoms with E-state index in [4.69, 9.17) is 0 Å². The molecule has 1 aliphatic carbocycles. The summed E-state index contributed by atoms with van der Waals surface area (Å²) in [5, 5.41) is 2.86. The molecule has 1 unspecified atom stereocenters. The van der Waals surface area contributed by atoms with E-state index in [-0.39, 0.29) is 23.7 Å². The van der Waals surface area contributed by atoms with Crippen LogP contribution in [0.2, 0.25) is 0 Å². The molecule has 0 aliphatic heterocycles. The standard InChI is InChI=1S/C15H28N2O2/c1-10(2)15(12(5)18)16-14(19)9-17(11(3)4)8-13-6-7-13/h10-11,13,15H,6-9H2,1-5H3,(H,16,19). The van der Waals surface area contributed by atoms with Gasteiger partial charge in [-0.3, -0.25) is 14.5 Å². The molecule has 1 N–H and O–H groups in total. The molecule has 4 heteroatoms. The molecule has 19 heavy (non-hydrogen) atoms. The molecule has 1 fully saturated rings. The highest BCUT2D eigenvalue weighted by molar-refractivity contribution is 5.88. The Kier molecular flexibility index (Phi) is 5.98. The first-order chi connectivity index (χ1) is 8.81. The Morgan fingerprint density at radius 2 is 1.79 bits per heavy atom. The van der Waals surface area contributed by atoms with Crippen molar-refractivity contribution in [3.63, 3.8) is 0 Å². The fourth-order valence-corrected chi connectivity index (χ4v) is 2.23. The summed E-state index contributed by atoms with van der Waals surface area (Å²) in [5.74, 6) is 0.895. The van der Waals surface area contributed by atoms with E-state index in [1.807, 2.05) is 13.8 Å². The Labute approximate surface area is 116 Å². The fraction of sp³-hybridized carbons (Fsp3) is 0.867. The molecule has 1 amide bonds. The van der Waals surface area contributed by atoms with Crippen LogP contribution in [0.5, 0.6) is 0 Å². The molecule has 1 aliphatic rings. The van der Waals surface area contributed by atoms with Crippen LogP contribution in [0.4, 0.5) is 0 Å². The lowest BCUT2D eigenvalue weighted by Gasteiger charge is -2.27. The Bertz CT molecular complexity index is 322. The van der Waals surface area contributed by atoms with Gasteiger partial charge in [0.05, 0.1) is 12.6 Å². The monoisotopic (exact) mass is 268 g/mol. The first-order valence-corrected chi connectivity index (χ1v) is 7.35. The number of Topliss-reactive ketones (excluding diaryl/α,β-unsaturated/α-hetero) is 1. The topological polar surface area (TPSA) is 49.4 Å². The van der Waals surface area contributed by atoms with E-state index < -0.39 is 0 Å². The largest absolute Gasteiger partial charge is 0.345 e. The number of nitrogens with one attached hydrogen (secondary N) is 1. The summed E-state index contributed by atoms with van der Waals surface area (Å²) in [7, 11) is 0. The average molecular weight is 268 g/mol. The van der Waals surface area contributed by atoms with Gasteiger partial charge in [-0.15, -0.1) is 0 Å². The highest BCUT2D eigenvalue weighted by Crippen LogP contribution is 2.30. The molecule has 0 saturated heterocycles. The minimum Gasteiger partial charge on any atom is -0.345 e. The van der Waals surface area contributed by atoms with Crippen molar-refractivity contribution in [1.82, 2.24) is 10.2 Å². The van der Waals surface area contributed by atoms with Crippen LogP contribution in [0.1, 0.15) is 47.5 Å². The smallest absolute Gasteiger partial charge is 0.234 e. The van der Waals surface area contributed by atoms with Crippen molar-refractivity contribution in [2.75, 3.05) is 13.1 Å². The van der Waals surface area contributed by atoms with Gasteiger partial charge in [-0.25, -0.2) is 0 Å². The zero-order valence-corrected chi connectivity index (χ0v) is 12.9. The van der Waals surface area contributed by atoms with Crippen LogP contribution in [0.25, 0.3) is 0 Å². The third-order valence-electron chi connectivity index (χ3n) is 3.69. The van der Waals surface area contributed by atoms with Crippen molar-refractivity contribution in [1.29, 1.82) is 0 Å². The maximum atomic E-state index is 12.1. The summed E-state index contributed by atoms with van der Waals surface area (Å²) in [6, 6.07) is 0.00335. The Hall–Kier alpha value is -0.900. The second kappa shape index (κ2) is 7.04. The van der Waals surface area contributed by atoms with Gasteiger partial charge in [0.1, 0.15) is 0 Å². The summed E-state index contributed by atoms with van der Waals surface area (Å²) >= 11 is 0. The van der Waals surface area contributed by atoms with E-state index in [0.717, 1.165) is 12.5 Å². The molecule has 0 bridgehead atoms. The van der Waals surface area contributed by atoms with Gasteiger partial charge in [0, 0.05) is 12.6 Å². The number of hydrogen-bond donors (Lipinski definition) is 1. The average Bonchev–Trinajstić information content (AvgIpc) is 3.07. The van der Waals surface area contributed by atoms with E-state index in [0.29, 0.717) is 12.6 Å². The van der Waals surface area contributed by atoms with Gasteiger partial charge >= 0.3 is 0 Å². The van der Waals surface area contributed by atoms with Gasteiger partial charge in [0.25, 0.3) is 0 Å². The molecule has 0 aromatic rings. The number of nitrogens with zero attached hydrogens (tertiary/aromatic N) is 1. The van der Waals surface area contributed by atoms with Gasteiger partial charge in [-0.1, -0.05) is 13.8 Å². The minimum absolute atomic E-state index is 0.0293. The van der Waals surface area contributed by atoms with E-state index in [1.54, 1.807) is 0 Å². The second-order valence-corrected chi connectivity index (χ2v) is 6.37. The lowest BCUT2D eigenvalue weighted by molar-refractivity contribution is -0.128. The first-order valence-electron chi connectivity index (χ1n) is 7.35. The molecule has 110 valence electrons. The summed E-state index contributed by atoms with van der Waals surface area (Å²) in [6.45, 7) is 11.1. The molecule has 0 aromatic carbocycles. The zero-order chi connectivity index (χ0) is 14.6. The molecule has 0 aromatic heterocycles. The molecule has 1 saturated carbocycles. The summed E-state index contributed by atoms with van der Waals surface area (Å²) in [4.78, 5) is 25.8. The number of ketones is 1. The third kappa shape index (κ3) is 5.72. The van der Waals surface area contributed by atoms with Crippen molar-refractivity contribution in [2.45, 2.75) is 59.5 Å². The van der Waals surface area contributed by atoms with Crippen molar-refractivity contribution in [3.8, 4) is 0 Å². The molecule has 1 atom stereocenters. The second-order valence-electron chi connectivity index (χ2n) is 6.37. The van der Waals surface area contributed by atoms with Gasteiger partial charge in [-0.05, 0) is 45.4 Å². The van der Waals surface area contributed by atoms with E-state index in [2.05, 4.69) is 24.1 Å². The molecule has 0 spiro atoms. The number of hydrogen-bond acceptors (Lipinski definition) is 3. The summed E-state index contributed by atoms with van der Waals surface area (Å²) in [5.41, 5.74) is 0. The zero-order valence-electron chi connectivity index (χ0n) is 12.9. The lowest BCUT2D eigenvalue weighted by Crippen LogP contribution is -2.48. The summed E-state index contributed by atoms with van der Waals surface area (Å²) < 4.78 is 0. The highest BCUT2D eigenvalue weighted by atomic mass is 16.2. The van der Waals surface area contributed by atoms with E-state index in [9.17, 15) is 9.59 Å². The Morgan fingerprint density at radius 3 is 2.16 bits per heavy atom. The third-order valence-corrected chi connectivity index (χ3v) is 3.69. The lowest BCUT2D eigenvalue weighted by atomic mass is 10.0.